The second-order valence-electron chi connectivity index (χ2n) is 3.53. The van der Waals surface area contributed by atoms with Gasteiger partial charge in [0.05, 0.1) is 6.61 Å². The average Bonchev–Trinajstić information content (AvgIpc) is 2.35. The number of carbonyl (C=O) groups is 2. The van der Waals surface area contributed by atoms with Gasteiger partial charge in [0.15, 0.2) is 6.10 Å². The van der Waals surface area contributed by atoms with Gasteiger partial charge in [-0.3, -0.25) is 0 Å². The summed E-state index contributed by atoms with van der Waals surface area (Å²) in [4.78, 5) is 19.5. The summed E-state index contributed by atoms with van der Waals surface area (Å²) in [5.41, 5.74) is 0. The van der Waals surface area contributed by atoms with Crippen LogP contribution in [0.15, 0.2) is 0 Å². The molecule has 11 nitrogen and oxygen atoms in total. The van der Waals surface area contributed by atoms with E-state index in [9.17, 15) is 9.59 Å². The Balaban J connectivity index is -0.0000000933. The van der Waals surface area contributed by atoms with E-state index in [1.54, 1.807) is 0 Å². The van der Waals surface area contributed by atoms with Crippen molar-refractivity contribution in [3.05, 3.63) is 0 Å². The first-order valence-electron chi connectivity index (χ1n) is 5.03. The summed E-state index contributed by atoms with van der Waals surface area (Å²) in [6, 6.07) is 0. The van der Waals surface area contributed by atoms with Crippen LogP contribution in [0.1, 0.15) is 6.92 Å². The molecule has 0 aromatic carbocycles. The van der Waals surface area contributed by atoms with E-state index in [1.165, 1.54) is 6.92 Å². The van der Waals surface area contributed by atoms with Crippen LogP contribution in [0.4, 0.5) is 0 Å². The van der Waals surface area contributed by atoms with Crippen molar-refractivity contribution in [1.29, 1.82) is 0 Å². The van der Waals surface area contributed by atoms with Crippen molar-refractivity contribution in [1.82, 2.24) is 0 Å². The molecule has 0 saturated heterocycles. The summed E-state index contributed by atoms with van der Waals surface area (Å²) in [6.45, 7) is 0.354. The molecule has 0 aliphatic rings. The zero-order chi connectivity index (χ0) is 15.7. The van der Waals surface area contributed by atoms with Gasteiger partial charge in [0, 0.05) is 0 Å². The Labute approximate surface area is 185 Å². The van der Waals surface area contributed by atoms with Gasteiger partial charge in [-0.15, -0.1) is 0 Å². The molecular weight excluding hydrogens is 364 g/mol. The van der Waals surface area contributed by atoms with Crippen LogP contribution in [-0.2, 0) is 9.59 Å². The quantitative estimate of drug-likeness (QED) is 0.200. The van der Waals surface area contributed by atoms with Gasteiger partial charge in [0.2, 0.25) is 0 Å². The molecule has 0 amide bonds. The number of carboxylic acid groups (broad SMARTS) is 2. The third-order valence-corrected chi connectivity index (χ3v) is 1.87. The van der Waals surface area contributed by atoms with Gasteiger partial charge in [0.25, 0.3) is 0 Å². The molecule has 0 aromatic heterocycles. The van der Waals surface area contributed by atoms with Crippen molar-refractivity contribution in [2.75, 3.05) is 6.61 Å². The fraction of sp³-hybridized carbons (Fsp3) is 0.778. The molecule has 130 valence electrons. The molecule has 13 heteroatoms. The van der Waals surface area contributed by atoms with Crippen molar-refractivity contribution in [3.63, 3.8) is 0 Å². The predicted octanol–water partition coefficient (Wildman–Crippen LogP) is -6.70. The maximum atomic E-state index is 10.1. The summed E-state index contributed by atoms with van der Waals surface area (Å²) in [6.07, 6.45) is -9.07. The number of hydrogen-bond donors (Lipinski definition) is 8. The molecule has 0 bridgehead atoms. The second kappa shape index (κ2) is 18.5. The van der Waals surface area contributed by atoms with Gasteiger partial charge >= 0.3 is 87.4 Å². The summed E-state index contributed by atoms with van der Waals surface area (Å²) < 4.78 is 0. The molecular formula is C9H24Ca2O11. The number of aliphatic carboxylic acids is 2. The first kappa shape index (κ1) is 34.5. The molecule has 0 spiro atoms. The van der Waals surface area contributed by atoms with Crippen LogP contribution in [0.5, 0.6) is 0 Å². The molecule has 0 heterocycles. The zero-order valence-electron chi connectivity index (χ0n) is 10.5. The SMILES string of the molecule is CC(O)C(=O)O.O.O=C(O)C(O)C(O)C(O)C(O)CO.[CaH2].[CaH2]. The maximum absolute atomic E-state index is 10.1. The fourth-order valence-corrected chi connectivity index (χ4v) is 0.668. The molecule has 0 radical (unpaired) electrons. The topological polar surface area (TPSA) is 227 Å². The van der Waals surface area contributed by atoms with E-state index in [0.717, 1.165) is 0 Å². The Kier molecular flexibility index (Phi) is 29.0. The van der Waals surface area contributed by atoms with Crippen molar-refractivity contribution in [2.45, 2.75) is 37.4 Å². The molecule has 22 heavy (non-hydrogen) atoms. The number of aliphatic hydroxyl groups is 6. The van der Waals surface area contributed by atoms with Gasteiger partial charge < -0.3 is 46.3 Å². The van der Waals surface area contributed by atoms with Gasteiger partial charge in [-0.2, -0.15) is 0 Å². The number of rotatable bonds is 6. The molecule has 0 aliphatic heterocycles. The summed E-state index contributed by atoms with van der Waals surface area (Å²) in [5, 5.41) is 67.6. The van der Waals surface area contributed by atoms with Gasteiger partial charge in [-0.1, -0.05) is 0 Å². The first-order valence-corrected chi connectivity index (χ1v) is 5.03. The van der Waals surface area contributed by atoms with Crippen molar-refractivity contribution in [2.24, 2.45) is 0 Å². The van der Waals surface area contributed by atoms with Crippen LogP contribution >= 0.6 is 0 Å². The molecule has 0 aromatic rings. The Morgan fingerprint density at radius 1 is 0.864 bits per heavy atom. The summed E-state index contributed by atoms with van der Waals surface area (Å²) in [7, 11) is 0. The van der Waals surface area contributed by atoms with Crippen molar-refractivity contribution >= 4 is 87.4 Å². The monoisotopic (exact) mass is 388 g/mol. The van der Waals surface area contributed by atoms with Crippen molar-refractivity contribution in [3.8, 4) is 0 Å². The Morgan fingerprint density at radius 3 is 1.36 bits per heavy atom. The molecule has 0 aliphatic carbocycles. The standard InChI is InChI=1S/C6H12O7.C3H6O3.2Ca.H2O.4H/c7-1-2(8)3(9)4(10)5(11)6(12)13;1-2(4)3(5)6;;;;;;;/h2-5,7-11H,1H2,(H,12,13);2,4H,1H3,(H,5,6);;;1H2;;;;. The van der Waals surface area contributed by atoms with E-state index in [2.05, 4.69) is 0 Å². The van der Waals surface area contributed by atoms with E-state index in [-0.39, 0.29) is 81.0 Å². The Morgan fingerprint density at radius 2 is 1.18 bits per heavy atom. The number of carboxylic acids is 2. The zero-order valence-corrected chi connectivity index (χ0v) is 10.5. The third-order valence-electron chi connectivity index (χ3n) is 1.87. The third kappa shape index (κ3) is 16.1. The van der Waals surface area contributed by atoms with Gasteiger partial charge in [0.1, 0.15) is 24.4 Å². The summed E-state index contributed by atoms with van der Waals surface area (Å²) >= 11 is 0. The fourth-order valence-electron chi connectivity index (χ4n) is 0.668. The Bertz CT molecular complexity index is 289. The number of aliphatic hydroxyl groups excluding tert-OH is 6. The molecule has 0 fully saturated rings. The van der Waals surface area contributed by atoms with Crippen LogP contribution in [0.25, 0.3) is 0 Å². The van der Waals surface area contributed by atoms with Crippen molar-refractivity contribution < 1.29 is 55.9 Å². The van der Waals surface area contributed by atoms with Crippen LogP contribution in [-0.4, -0.2) is 171 Å². The van der Waals surface area contributed by atoms with Gasteiger partial charge in [-0.25, -0.2) is 9.59 Å². The molecule has 5 atom stereocenters. The number of hydrogen-bond acceptors (Lipinski definition) is 8. The molecule has 0 rings (SSSR count). The minimum absolute atomic E-state index is 0. The van der Waals surface area contributed by atoms with E-state index in [4.69, 9.17) is 40.9 Å². The summed E-state index contributed by atoms with van der Waals surface area (Å²) in [5.74, 6) is -2.91. The minimum atomic E-state index is -2.20. The van der Waals surface area contributed by atoms with Crippen LogP contribution < -0.4 is 0 Å². The van der Waals surface area contributed by atoms with E-state index in [1.807, 2.05) is 0 Å². The predicted molar refractivity (Wildman–Crippen MR) is 78.8 cm³/mol. The average molecular weight is 388 g/mol. The molecule has 0 saturated carbocycles. The molecule has 5 unspecified atom stereocenters. The van der Waals surface area contributed by atoms with Crippen LogP contribution in [0.2, 0.25) is 0 Å². The first-order chi connectivity index (χ1) is 8.56. The van der Waals surface area contributed by atoms with E-state index in [0.29, 0.717) is 0 Å². The van der Waals surface area contributed by atoms with E-state index >= 15 is 0 Å². The Hall–Kier alpha value is 1.18. The second-order valence-corrected chi connectivity index (χ2v) is 3.53. The van der Waals surface area contributed by atoms with E-state index < -0.39 is 49.1 Å². The normalized spacial score (nSPS) is 15.8. The van der Waals surface area contributed by atoms with Crippen LogP contribution in [0.3, 0.4) is 0 Å². The van der Waals surface area contributed by atoms with Crippen LogP contribution in [0, 0.1) is 0 Å². The molecule has 10 N–H and O–H groups in total. The van der Waals surface area contributed by atoms with Gasteiger partial charge in [-0.05, 0) is 6.92 Å².